The second-order valence-corrected chi connectivity index (χ2v) is 6.18. The van der Waals surface area contributed by atoms with E-state index in [1.54, 1.807) is 42.6 Å². The highest BCUT2D eigenvalue weighted by atomic mass is 35.5. The Morgan fingerprint density at radius 1 is 0.893 bits per heavy atom. The van der Waals surface area contributed by atoms with Gasteiger partial charge in [-0.25, -0.2) is 5.43 Å². The Labute approximate surface area is 167 Å². The standard InChI is InChI=1S/C21H17ClN4O2/c22-18-11-5-4-10-17(18)21(28)24-14-19(15-7-2-1-3-8-15)25-26-20(27)16-9-6-12-23-13-16/h1-13H,14H2,(H,24,28)(H,26,27)/b25-19-. The molecule has 0 unspecified atom stereocenters. The zero-order valence-corrected chi connectivity index (χ0v) is 15.6. The molecule has 0 saturated carbocycles. The number of pyridine rings is 1. The van der Waals surface area contributed by atoms with Crippen molar-refractivity contribution < 1.29 is 9.59 Å². The molecule has 2 N–H and O–H groups in total. The molecule has 0 atom stereocenters. The highest BCUT2D eigenvalue weighted by Crippen LogP contribution is 2.14. The first-order valence-electron chi connectivity index (χ1n) is 8.50. The van der Waals surface area contributed by atoms with Gasteiger partial charge >= 0.3 is 0 Å². The van der Waals surface area contributed by atoms with Crippen molar-refractivity contribution in [2.24, 2.45) is 5.10 Å². The first kappa shape index (κ1) is 19.3. The summed E-state index contributed by atoms with van der Waals surface area (Å²) in [6, 6.07) is 19.3. The van der Waals surface area contributed by atoms with Crippen LogP contribution in [0.25, 0.3) is 0 Å². The van der Waals surface area contributed by atoms with Gasteiger partial charge in [-0.3, -0.25) is 14.6 Å². The van der Waals surface area contributed by atoms with Crippen molar-refractivity contribution in [1.29, 1.82) is 0 Å². The summed E-state index contributed by atoms with van der Waals surface area (Å²) in [6.45, 7) is 0.112. The van der Waals surface area contributed by atoms with Crippen molar-refractivity contribution >= 4 is 29.1 Å². The van der Waals surface area contributed by atoms with E-state index in [4.69, 9.17) is 11.6 Å². The first-order chi connectivity index (χ1) is 13.6. The lowest BCUT2D eigenvalue weighted by Gasteiger charge is -2.10. The van der Waals surface area contributed by atoms with Crippen LogP contribution in [0.2, 0.25) is 5.02 Å². The number of rotatable bonds is 6. The average Bonchev–Trinajstić information content (AvgIpc) is 2.75. The second-order valence-electron chi connectivity index (χ2n) is 5.77. The molecule has 0 aliphatic heterocycles. The molecule has 0 aliphatic rings. The minimum atomic E-state index is -0.390. The lowest BCUT2D eigenvalue weighted by Crippen LogP contribution is -2.32. The van der Waals surface area contributed by atoms with Gasteiger partial charge in [0.15, 0.2) is 0 Å². The maximum atomic E-state index is 12.4. The maximum Gasteiger partial charge on any atom is 0.272 e. The van der Waals surface area contributed by atoms with E-state index in [2.05, 4.69) is 20.8 Å². The van der Waals surface area contributed by atoms with Crippen LogP contribution in [-0.2, 0) is 0 Å². The second kappa shape index (κ2) is 9.43. The zero-order chi connectivity index (χ0) is 19.8. The molecule has 0 fully saturated rings. The Balaban J connectivity index is 1.75. The Morgan fingerprint density at radius 2 is 1.61 bits per heavy atom. The lowest BCUT2D eigenvalue weighted by molar-refractivity contribution is 0.0951. The number of carbonyl (C=O) groups is 2. The minimum absolute atomic E-state index is 0.112. The highest BCUT2D eigenvalue weighted by Gasteiger charge is 2.12. The Bertz CT molecular complexity index is 992. The first-order valence-corrected chi connectivity index (χ1v) is 8.88. The summed E-state index contributed by atoms with van der Waals surface area (Å²) < 4.78 is 0. The predicted molar refractivity (Wildman–Crippen MR) is 108 cm³/mol. The van der Waals surface area contributed by atoms with E-state index < -0.39 is 0 Å². The minimum Gasteiger partial charge on any atom is -0.346 e. The third-order valence-corrected chi connectivity index (χ3v) is 4.19. The molecule has 2 aromatic carbocycles. The molecule has 1 heterocycles. The van der Waals surface area contributed by atoms with Gasteiger partial charge in [-0.1, -0.05) is 54.1 Å². The third kappa shape index (κ3) is 5.02. The number of amides is 2. The van der Waals surface area contributed by atoms with Gasteiger partial charge < -0.3 is 5.32 Å². The van der Waals surface area contributed by atoms with Crippen molar-refractivity contribution in [3.05, 3.63) is 101 Å². The van der Waals surface area contributed by atoms with E-state index >= 15 is 0 Å². The number of aromatic nitrogens is 1. The Morgan fingerprint density at radius 3 is 2.32 bits per heavy atom. The summed E-state index contributed by atoms with van der Waals surface area (Å²) in [5, 5.41) is 7.35. The van der Waals surface area contributed by atoms with Gasteiger partial charge in [-0.05, 0) is 29.8 Å². The fourth-order valence-corrected chi connectivity index (χ4v) is 2.64. The normalized spacial score (nSPS) is 11.0. The number of benzene rings is 2. The van der Waals surface area contributed by atoms with Gasteiger partial charge in [0.05, 0.1) is 28.4 Å². The number of nitrogens with one attached hydrogen (secondary N) is 2. The van der Waals surface area contributed by atoms with Crippen LogP contribution in [-0.4, -0.2) is 29.1 Å². The lowest BCUT2D eigenvalue weighted by atomic mass is 10.1. The van der Waals surface area contributed by atoms with Crippen LogP contribution < -0.4 is 10.7 Å². The van der Waals surface area contributed by atoms with Crippen molar-refractivity contribution in [1.82, 2.24) is 15.7 Å². The Kier molecular flexibility index (Phi) is 6.49. The molecule has 1 aromatic heterocycles. The quantitative estimate of drug-likeness (QED) is 0.498. The molecule has 0 saturated heterocycles. The third-order valence-electron chi connectivity index (χ3n) is 3.86. The van der Waals surface area contributed by atoms with Crippen LogP contribution in [0.4, 0.5) is 0 Å². The topological polar surface area (TPSA) is 83.5 Å². The summed E-state index contributed by atoms with van der Waals surface area (Å²) in [4.78, 5) is 28.6. The van der Waals surface area contributed by atoms with Crippen LogP contribution in [0.5, 0.6) is 0 Å². The predicted octanol–water partition coefficient (Wildman–Crippen LogP) is 3.30. The number of halogens is 1. The van der Waals surface area contributed by atoms with Gasteiger partial charge in [0.25, 0.3) is 11.8 Å². The van der Waals surface area contributed by atoms with Gasteiger partial charge in [0.1, 0.15) is 0 Å². The largest absolute Gasteiger partial charge is 0.346 e. The van der Waals surface area contributed by atoms with Crippen molar-refractivity contribution in [2.75, 3.05) is 6.54 Å². The van der Waals surface area contributed by atoms with E-state index in [9.17, 15) is 9.59 Å². The zero-order valence-electron chi connectivity index (χ0n) is 14.8. The molecule has 0 radical (unpaired) electrons. The van der Waals surface area contributed by atoms with Gasteiger partial charge in [0.2, 0.25) is 0 Å². The maximum absolute atomic E-state index is 12.4. The van der Waals surface area contributed by atoms with Crippen LogP contribution in [0.1, 0.15) is 26.3 Å². The average molecular weight is 393 g/mol. The molecule has 3 rings (SSSR count). The molecule has 2 amide bonds. The molecular weight excluding hydrogens is 376 g/mol. The summed E-state index contributed by atoms with van der Waals surface area (Å²) in [6.07, 6.45) is 3.03. The SMILES string of the molecule is O=C(N/N=C(/CNC(=O)c1ccccc1Cl)c1ccccc1)c1cccnc1. The van der Waals surface area contributed by atoms with Gasteiger partial charge in [0, 0.05) is 12.4 Å². The van der Waals surface area contributed by atoms with E-state index in [1.165, 1.54) is 6.20 Å². The summed E-state index contributed by atoms with van der Waals surface area (Å²) in [7, 11) is 0. The van der Waals surface area contributed by atoms with Crippen LogP contribution >= 0.6 is 11.6 Å². The molecule has 6 nitrogen and oxygen atoms in total. The van der Waals surface area contributed by atoms with Crippen molar-refractivity contribution in [3.63, 3.8) is 0 Å². The fourth-order valence-electron chi connectivity index (χ4n) is 2.42. The van der Waals surface area contributed by atoms with Crippen LogP contribution in [0.3, 0.4) is 0 Å². The smallest absolute Gasteiger partial charge is 0.272 e. The van der Waals surface area contributed by atoms with Crippen LogP contribution in [0, 0.1) is 0 Å². The summed E-state index contributed by atoms with van der Waals surface area (Å²) >= 11 is 6.07. The summed E-state index contributed by atoms with van der Waals surface area (Å²) in [5.74, 6) is -0.716. The number of hydrazone groups is 1. The molecule has 0 spiro atoms. The molecule has 7 heteroatoms. The van der Waals surface area contributed by atoms with E-state index in [-0.39, 0.29) is 18.4 Å². The molecule has 0 aliphatic carbocycles. The van der Waals surface area contributed by atoms with Crippen molar-refractivity contribution in [2.45, 2.75) is 0 Å². The van der Waals surface area contributed by atoms with E-state index in [0.29, 0.717) is 21.9 Å². The molecule has 28 heavy (non-hydrogen) atoms. The highest BCUT2D eigenvalue weighted by molar-refractivity contribution is 6.33. The Hall–Kier alpha value is -3.51. The molecule has 0 bridgehead atoms. The number of hydrogen-bond donors (Lipinski definition) is 2. The van der Waals surface area contributed by atoms with E-state index in [0.717, 1.165) is 5.56 Å². The van der Waals surface area contributed by atoms with Crippen molar-refractivity contribution in [3.8, 4) is 0 Å². The van der Waals surface area contributed by atoms with Crippen LogP contribution in [0.15, 0.2) is 84.2 Å². The molecular formula is C21H17ClN4O2. The number of nitrogens with zero attached hydrogens (tertiary/aromatic N) is 2. The fraction of sp³-hybridized carbons (Fsp3) is 0.0476. The summed E-state index contributed by atoms with van der Waals surface area (Å²) in [5.41, 5.74) is 4.53. The van der Waals surface area contributed by atoms with Gasteiger partial charge in [-0.15, -0.1) is 0 Å². The number of carbonyl (C=O) groups excluding carboxylic acids is 2. The molecule has 3 aromatic rings. The molecule has 140 valence electrons. The number of hydrogen-bond acceptors (Lipinski definition) is 4. The monoisotopic (exact) mass is 392 g/mol. The van der Waals surface area contributed by atoms with Gasteiger partial charge in [-0.2, -0.15) is 5.10 Å². The van der Waals surface area contributed by atoms with E-state index in [1.807, 2.05) is 30.3 Å².